The number of nitrogens with zero attached hydrogens (tertiary/aromatic N) is 2. The number of carbonyl (C=O) groups is 2. The third kappa shape index (κ3) is 3.52. The van der Waals surface area contributed by atoms with Crippen molar-refractivity contribution in [1.82, 2.24) is 4.90 Å². The van der Waals surface area contributed by atoms with Crippen molar-refractivity contribution in [3.05, 3.63) is 58.0 Å². The molecular weight excluding hydrogens is 326 g/mol. The number of furan rings is 1. The van der Waals surface area contributed by atoms with Crippen LogP contribution >= 0.6 is 0 Å². The number of nitro groups is 1. The molecule has 130 valence electrons. The van der Waals surface area contributed by atoms with Crippen LogP contribution in [0.2, 0.25) is 0 Å². The zero-order valence-corrected chi connectivity index (χ0v) is 13.6. The van der Waals surface area contributed by atoms with Crippen LogP contribution in [0, 0.1) is 17.0 Å². The Hall–Kier alpha value is -3.16. The highest BCUT2D eigenvalue weighted by molar-refractivity contribution is 6.39. The average molecular weight is 343 g/mol. The first-order chi connectivity index (χ1) is 12.0. The largest absolute Gasteiger partial charge is 0.464 e. The molecule has 8 heteroatoms. The third-order valence-electron chi connectivity index (χ3n) is 4.11. The molecule has 1 aromatic heterocycles. The zero-order chi connectivity index (χ0) is 18.0. The number of amides is 2. The van der Waals surface area contributed by atoms with Gasteiger partial charge < -0.3 is 14.6 Å². The molecule has 1 aliphatic heterocycles. The standard InChI is InChI=1S/C17H17N3O5/c1-11-7-8-15(25-11)14-6-3-9-19(14)17(22)16(21)18-12-4-2-5-13(10-12)20(23)24/h2,4-5,7-8,10,14H,3,6,9H2,1H3,(H,18,21)/t14-/m1/s1. The van der Waals surface area contributed by atoms with Gasteiger partial charge in [0.15, 0.2) is 0 Å². The van der Waals surface area contributed by atoms with Gasteiger partial charge in [-0.15, -0.1) is 0 Å². The molecule has 1 atom stereocenters. The number of hydrogen-bond donors (Lipinski definition) is 1. The molecule has 1 aliphatic rings. The summed E-state index contributed by atoms with van der Waals surface area (Å²) in [6.45, 7) is 2.28. The molecule has 0 aliphatic carbocycles. The quantitative estimate of drug-likeness (QED) is 0.524. The van der Waals surface area contributed by atoms with E-state index >= 15 is 0 Å². The highest BCUT2D eigenvalue weighted by Gasteiger charge is 2.35. The first-order valence-corrected chi connectivity index (χ1v) is 7.88. The molecule has 0 bridgehead atoms. The fourth-order valence-corrected chi connectivity index (χ4v) is 2.95. The van der Waals surface area contributed by atoms with Crippen LogP contribution in [-0.4, -0.2) is 28.2 Å². The number of anilines is 1. The van der Waals surface area contributed by atoms with Gasteiger partial charge in [-0.2, -0.15) is 0 Å². The number of likely N-dealkylation sites (tertiary alicyclic amines) is 1. The van der Waals surface area contributed by atoms with E-state index in [4.69, 9.17) is 4.42 Å². The van der Waals surface area contributed by atoms with Crippen molar-refractivity contribution in [3.63, 3.8) is 0 Å². The smallest absolute Gasteiger partial charge is 0.313 e. The SMILES string of the molecule is Cc1ccc([C@H]2CCCN2C(=O)C(=O)Nc2cccc([N+](=O)[O-])c2)o1. The summed E-state index contributed by atoms with van der Waals surface area (Å²) in [6.07, 6.45) is 1.50. The lowest BCUT2D eigenvalue weighted by Gasteiger charge is -2.22. The maximum absolute atomic E-state index is 12.5. The molecular formula is C17H17N3O5. The highest BCUT2D eigenvalue weighted by atomic mass is 16.6. The predicted molar refractivity (Wildman–Crippen MR) is 88.9 cm³/mol. The minimum atomic E-state index is -0.823. The van der Waals surface area contributed by atoms with E-state index in [-0.39, 0.29) is 17.4 Å². The van der Waals surface area contributed by atoms with Crippen LogP contribution in [0.5, 0.6) is 0 Å². The van der Waals surface area contributed by atoms with Crippen LogP contribution in [0.15, 0.2) is 40.8 Å². The molecule has 0 saturated carbocycles. The van der Waals surface area contributed by atoms with Crippen molar-refractivity contribution in [2.24, 2.45) is 0 Å². The van der Waals surface area contributed by atoms with E-state index < -0.39 is 16.7 Å². The number of nitrogens with one attached hydrogen (secondary N) is 1. The predicted octanol–water partition coefficient (Wildman–Crippen LogP) is 2.80. The molecule has 0 radical (unpaired) electrons. The van der Waals surface area contributed by atoms with Crippen molar-refractivity contribution < 1.29 is 18.9 Å². The summed E-state index contributed by atoms with van der Waals surface area (Å²) >= 11 is 0. The molecule has 2 heterocycles. The first kappa shape index (κ1) is 16.7. The molecule has 1 saturated heterocycles. The number of nitro benzene ring substituents is 1. The normalized spacial score (nSPS) is 16.7. The van der Waals surface area contributed by atoms with Crippen LogP contribution in [0.3, 0.4) is 0 Å². The minimum absolute atomic E-state index is 0.157. The molecule has 0 unspecified atom stereocenters. The number of aryl methyl sites for hydroxylation is 1. The van der Waals surface area contributed by atoms with Gasteiger partial charge in [-0.25, -0.2) is 0 Å². The van der Waals surface area contributed by atoms with E-state index in [9.17, 15) is 19.7 Å². The van der Waals surface area contributed by atoms with Gasteiger partial charge in [0.05, 0.1) is 11.0 Å². The summed E-state index contributed by atoms with van der Waals surface area (Å²) in [5.74, 6) is -0.0967. The minimum Gasteiger partial charge on any atom is -0.464 e. The Bertz CT molecular complexity index is 829. The Balaban J connectivity index is 1.72. The molecule has 1 N–H and O–H groups in total. The molecule has 2 amide bonds. The number of non-ortho nitro benzene ring substituents is 1. The molecule has 1 aromatic carbocycles. The molecule has 2 aromatic rings. The number of benzene rings is 1. The van der Waals surface area contributed by atoms with Gasteiger partial charge in [0.25, 0.3) is 5.69 Å². The van der Waals surface area contributed by atoms with E-state index in [2.05, 4.69) is 5.32 Å². The monoisotopic (exact) mass is 343 g/mol. The lowest BCUT2D eigenvalue weighted by molar-refractivity contribution is -0.384. The van der Waals surface area contributed by atoms with E-state index in [0.29, 0.717) is 12.3 Å². The summed E-state index contributed by atoms with van der Waals surface area (Å²) in [7, 11) is 0. The van der Waals surface area contributed by atoms with Gasteiger partial charge in [0.2, 0.25) is 0 Å². The third-order valence-corrected chi connectivity index (χ3v) is 4.11. The summed E-state index contributed by atoms with van der Waals surface area (Å²) in [4.78, 5) is 36.5. The summed E-state index contributed by atoms with van der Waals surface area (Å²) in [5, 5.41) is 13.2. The fraction of sp³-hybridized carbons (Fsp3) is 0.294. The maximum atomic E-state index is 12.5. The van der Waals surface area contributed by atoms with Gasteiger partial charge in [-0.3, -0.25) is 19.7 Å². The van der Waals surface area contributed by atoms with Crippen LogP contribution in [0.25, 0.3) is 0 Å². The second-order valence-electron chi connectivity index (χ2n) is 5.87. The summed E-state index contributed by atoms with van der Waals surface area (Å²) in [5.41, 5.74) is 0.0486. The average Bonchev–Trinajstić information content (AvgIpc) is 3.22. The van der Waals surface area contributed by atoms with E-state index in [1.807, 2.05) is 19.1 Å². The van der Waals surface area contributed by atoms with Crippen LogP contribution in [-0.2, 0) is 9.59 Å². The van der Waals surface area contributed by atoms with E-state index in [0.717, 1.165) is 18.6 Å². The van der Waals surface area contributed by atoms with Gasteiger partial charge in [0.1, 0.15) is 11.5 Å². The van der Waals surface area contributed by atoms with Crippen LogP contribution < -0.4 is 5.32 Å². The van der Waals surface area contributed by atoms with Crippen molar-refractivity contribution in [1.29, 1.82) is 0 Å². The molecule has 8 nitrogen and oxygen atoms in total. The first-order valence-electron chi connectivity index (χ1n) is 7.88. The molecule has 3 rings (SSSR count). The summed E-state index contributed by atoms with van der Waals surface area (Å²) < 4.78 is 5.59. The van der Waals surface area contributed by atoms with Gasteiger partial charge in [0, 0.05) is 24.4 Å². The zero-order valence-electron chi connectivity index (χ0n) is 13.6. The Morgan fingerprint density at radius 2 is 2.12 bits per heavy atom. The molecule has 25 heavy (non-hydrogen) atoms. The van der Waals surface area contributed by atoms with E-state index in [1.165, 1.54) is 29.2 Å². The van der Waals surface area contributed by atoms with Gasteiger partial charge >= 0.3 is 11.8 Å². The second-order valence-corrected chi connectivity index (χ2v) is 5.87. The van der Waals surface area contributed by atoms with Gasteiger partial charge in [-0.05, 0) is 38.0 Å². The van der Waals surface area contributed by atoms with E-state index in [1.54, 1.807) is 0 Å². The maximum Gasteiger partial charge on any atom is 0.313 e. The van der Waals surface area contributed by atoms with Crippen molar-refractivity contribution in [2.75, 3.05) is 11.9 Å². The number of hydrogen-bond acceptors (Lipinski definition) is 5. The van der Waals surface area contributed by atoms with Crippen molar-refractivity contribution in [2.45, 2.75) is 25.8 Å². The fourth-order valence-electron chi connectivity index (χ4n) is 2.95. The highest BCUT2D eigenvalue weighted by Crippen LogP contribution is 2.33. The summed E-state index contributed by atoms with van der Waals surface area (Å²) in [6, 6.07) is 8.83. The Labute approximate surface area is 143 Å². The van der Waals surface area contributed by atoms with Crippen LogP contribution in [0.1, 0.15) is 30.4 Å². The molecule has 0 spiro atoms. The van der Waals surface area contributed by atoms with Crippen LogP contribution in [0.4, 0.5) is 11.4 Å². The number of carbonyl (C=O) groups excluding carboxylic acids is 2. The molecule has 1 fully saturated rings. The Morgan fingerprint density at radius 1 is 1.32 bits per heavy atom. The topological polar surface area (TPSA) is 106 Å². The lowest BCUT2D eigenvalue weighted by atomic mass is 10.1. The van der Waals surface area contributed by atoms with Crippen molar-refractivity contribution in [3.8, 4) is 0 Å². The Morgan fingerprint density at radius 3 is 2.80 bits per heavy atom. The lowest BCUT2D eigenvalue weighted by Crippen LogP contribution is -2.39. The van der Waals surface area contributed by atoms with Crippen molar-refractivity contribution >= 4 is 23.2 Å². The number of rotatable bonds is 3. The van der Waals surface area contributed by atoms with Gasteiger partial charge in [-0.1, -0.05) is 6.07 Å². The second kappa shape index (κ2) is 6.76. The Kier molecular flexibility index (Phi) is 4.51.